The zero-order chi connectivity index (χ0) is 13.9. The molecule has 1 rings (SSSR count). The molecule has 0 aromatic heterocycles. The van der Waals surface area contributed by atoms with Crippen LogP contribution < -0.4 is 15.5 Å². The van der Waals surface area contributed by atoms with Gasteiger partial charge in [-0.05, 0) is 51.5 Å². The topological polar surface area (TPSA) is 44.4 Å². The highest BCUT2D eigenvalue weighted by atomic mass is 16.2. The highest BCUT2D eigenvalue weighted by Crippen LogP contribution is 2.21. The molecule has 4 nitrogen and oxygen atoms in total. The molecule has 1 aromatic carbocycles. The van der Waals surface area contributed by atoms with E-state index in [1.54, 1.807) is 0 Å². The average Bonchev–Trinajstić information content (AvgIpc) is 2.17. The van der Waals surface area contributed by atoms with Crippen molar-refractivity contribution in [3.63, 3.8) is 0 Å². The Bertz CT molecular complexity index is 433. The number of benzene rings is 1. The number of nitrogens with zero attached hydrogens (tertiary/aromatic N) is 1. The molecule has 1 aromatic rings. The SMILES string of the molecule is Cc1cc(N(C)C)ccc1NC(=O)NC(C)(C)C. The number of hydrogen-bond donors (Lipinski definition) is 2. The fourth-order valence-electron chi connectivity index (χ4n) is 1.56. The van der Waals surface area contributed by atoms with E-state index < -0.39 is 0 Å². The van der Waals surface area contributed by atoms with Gasteiger partial charge >= 0.3 is 6.03 Å². The lowest BCUT2D eigenvalue weighted by Crippen LogP contribution is -2.43. The number of rotatable bonds is 2. The van der Waals surface area contributed by atoms with Crippen molar-refractivity contribution >= 4 is 17.4 Å². The van der Waals surface area contributed by atoms with Crippen LogP contribution in [-0.4, -0.2) is 25.7 Å². The number of hydrogen-bond acceptors (Lipinski definition) is 2. The van der Waals surface area contributed by atoms with Gasteiger partial charge in [0.15, 0.2) is 0 Å². The number of anilines is 2. The van der Waals surface area contributed by atoms with Gasteiger partial charge in [-0.1, -0.05) is 0 Å². The Labute approximate surface area is 109 Å². The van der Waals surface area contributed by atoms with Crippen molar-refractivity contribution in [3.05, 3.63) is 23.8 Å². The lowest BCUT2D eigenvalue weighted by atomic mass is 10.1. The lowest BCUT2D eigenvalue weighted by Gasteiger charge is -2.21. The van der Waals surface area contributed by atoms with Gasteiger partial charge in [0.05, 0.1) is 0 Å². The van der Waals surface area contributed by atoms with E-state index >= 15 is 0 Å². The molecule has 0 atom stereocenters. The molecule has 0 radical (unpaired) electrons. The summed E-state index contributed by atoms with van der Waals surface area (Å²) in [7, 11) is 3.99. The predicted octanol–water partition coefficient (Wildman–Crippen LogP) is 2.98. The third-order valence-electron chi connectivity index (χ3n) is 2.46. The summed E-state index contributed by atoms with van der Waals surface area (Å²) < 4.78 is 0. The van der Waals surface area contributed by atoms with E-state index in [0.29, 0.717) is 0 Å². The monoisotopic (exact) mass is 249 g/mol. The van der Waals surface area contributed by atoms with Crippen molar-refractivity contribution < 1.29 is 4.79 Å². The molecule has 2 N–H and O–H groups in total. The number of carbonyl (C=O) groups excluding carboxylic acids is 1. The second-order valence-electron chi connectivity index (χ2n) is 5.72. The van der Waals surface area contributed by atoms with Gasteiger partial charge in [-0.15, -0.1) is 0 Å². The van der Waals surface area contributed by atoms with Crippen molar-refractivity contribution in [2.45, 2.75) is 33.2 Å². The Kier molecular flexibility index (Phi) is 4.22. The zero-order valence-electron chi connectivity index (χ0n) is 12.1. The maximum Gasteiger partial charge on any atom is 0.319 e. The molecule has 0 aliphatic heterocycles. The van der Waals surface area contributed by atoms with E-state index in [-0.39, 0.29) is 11.6 Å². The number of amides is 2. The molecule has 0 bridgehead atoms. The normalized spacial score (nSPS) is 11.0. The molecule has 0 saturated heterocycles. The maximum absolute atomic E-state index is 11.8. The van der Waals surface area contributed by atoms with Crippen LogP contribution in [0.4, 0.5) is 16.2 Å². The highest BCUT2D eigenvalue weighted by molar-refractivity contribution is 5.90. The quantitative estimate of drug-likeness (QED) is 0.846. The first-order valence-electron chi connectivity index (χ1n) is 6.06. The van der Waals surface area contributed by atoms with Gasteiger partial charge in [0.25, 0.3) is 0 Å². The van der Waals surface area contributed by atoms with Gasteiger partial charge in [-0.3, -0.25) is 0 Å². The van der Waals surface area contributed by atoms with Crippen LogP contribution in [0.5, 0.6) is 0 Å². The fraction of sp³-hybridized carbons (Fsp3) is 0.500. The van der Waals surface area contributed by atoms with Crippen molar-refractivity contribution in [1.82, 2.24) is 5.32 Å². The largest absolute Gasteiger partial charge is 0.378 e. The molecule has 0 heterocycles. The van der Waals surface area contributed by atoms with E-state index in [9.17, 15) is 4.79 Å². The summed E-state index contributed by atoms with van der Waals surface area (Å²) in [6.45, 7) is 7.84. The van der Waals surface area contributed by atoms with E-state index in [1.165, 1.54) is 0 Å². The molecular weight excluding hydrogens is 226 g/mol. The Morgan fingerprint density at radius 2 is 1.83 bits per heavy atom. The third-order valence-corrected chi connectivity index (χ3v) is 2.46. The van der Waals surface area contributed by atoms with Crippen LogP contribution >= 0.6 is 0 Å². The minimum atomic E-state index is -0.235. The van der Waals surface area contributed by atoms with Gasteiger partial charge in [-0.25, -0.2) is 4.79 Å². The summed E-state index contributed by atoms with van der Waals surface area (Å²) in [4.78, 5) is 13.8. The molecule has 18 heavy (non-hydrogen) atoms. The molecule has 100 valence electrons. The molecule has 0 fully saturated rings. The molecular formula is C14H23N3O. The summed E-state index contributed by atoms with van der Waals surface area (Å²) in [6, 6.07) is 5.78. The predicted molar refractivity (Wildman–Crippen MR) is 77.4 cm³/mol. The van der Waals surface area contributed by atoms with Crippen LogP contribution in [0.3, 0.4) is 0 Å². The Balaban J connectivity index is 2.77. The Morgan fingerprint density at radius 1 is 1.22 bits per heavy atom. The first-order valence-corrected chi connectivity index (χ1v) is 6.06. The maximum atomic E-state index is 11.8. The van der Waals surface area contributed by atoms with Gasteiger partial charge in [0.2, 0.25) is 0 Å². The smallest absolute Gasteiger partial charge is 0.319 e. The van der Waals surface area contributed by atoms with Crippen LogP contribution in [0.2, 0.25) is 0 Å². The third kappa shape index (κ3) is 4.28. The zero-order valence-corrected chi connectivity index (χ0v) is 12.1. The minimum Gasteiger partial charge on any atom is -0.378 e. The van der Waals surface area contributed by atoms with Crippen molar-refractivity contribution in [2.24, 2.45) is 0 Å². The summed E-state index contributed by atoms with van der Waals surface area (Å²) in [5.41, 5.74) is 2.77. The van der Waals surface area contributed by atoms with Crippen LogP contribution in [-0.2, 0) is 0 Å². The Morgan fingerprint density at radius 3 is 2.28 bits per heavy atom. The summed E-state index contributed by atoms with van der Waals surface area (Å²) >= 11 is 0. The highest BCUT2D eigenvalue weighted by Gasteiger charge is 2.14. The van der Waals surface area contributed by atoms with Gasteiger partial charge < -0.3 is 15.5 Å². The molecule has 2 amide bonds. The van der Waals surface area contributed by atoms with Crippen molar-refractivity contribution in [1.29, 1.82) is 0 Å². The van der Waals surface area contributed by atoms with Crippen LogP contribution in [0.1, 0.15) is 26.3 Å². The van der Waals surface area contributed by atoms with Crippen LogP contribution in [0, 0.1) is 6.92 Å². The lowest BCUT2D eigenvalue weighted by molar-refractivity contribution is 0.244. The van der Waals surface area contributed by atoms with E-state index in [0.717, 1.165) is 16.9 Å². The molecule has 4 heteroatoms. The van der Waals surface area contributed by atoms with Gasteiger partial charge in [0, 0.05) is 31.0 Å². The van der Waals surface area contributed by atoms with Crippen molar-refractivity contribution in [3.8, 4) is 0 Å². The molecule has 0 unspecified atom stereocenters. The second kappa shape index (κ2) is 5.29. The number of carbonyl (C=O) groups is 1. The van der Waals surface area contributed by atoms with Crippen molar-refractivity contribution in [2.75, 3.05) is 24.3 Å². The standard InChI is InChI=1S/C14H23N3O/c1-10-9-11(17(5)6)7-8-12(10)15-13(18)16-14(2,3)4/h7-9H,1-6H3,(H2,15,16,18). The van der Waals surface area contributed by atoms with Crippen LogP contribution in [0.25, 0.3) is 0 Å². The second-order valence-corrected chi connectivity index (χ2v) is 5.72. The molecule has 0 aliphatic rings. The average molecular weight is 249 g/mol. The first kappa shape index (κ1) is 14.4. The summed E-state index contributed by atoms with van der Waals surface area (Å²) in [5.74, 6) is 0. The summed E-state index contributed by atoms with van der Waals surface area (Å²) in [6.07, 6.45) is 0. The van der Waals surface area contributed by atoms with Gasteiger partial charge in [-0.2, -0.15) is 0 Å². The number of nitrogens with one attached hydrogen (secondary N) is 2. The first-order chi connectivity index (χ1) is 8.19. The molecule has 0 aliphatic carbocycles. The summed E-state index contributed by atoms with van der Waals surface area (Å²) in [5, 5.41) is 5.74. The molecule has 0 saturated carbocycles. The van der Waals surface area contributed by atoms with E-state index in [4.69, 9.17) is 0 Å². The van der Waals surface area contributed by atoms with E-state index in [2.05, 4.69) is 10.6 Å². The number of aryl methyl sites for hydroxylation is 1. The van der Waals surface area contributed by atoms with Gasteiger partial charge in [0.1, 0.15) is 0 Å². The molecule has 0 spiro atoms. The van der Waals surface area contributed by atoms with Crippen LogP contribution in [0.15, 0.2) is 18.2 Å². The van der Waals surface area contributed by atoms with E-state index in [1.807, 2.05) is 64.9 Å². The Hall–Kier alpha value is -1.71. The fourth-order valence-corrected chi connectivity index (χ4v) is 1.56. The number of urea groups is 1. The minimum absolute atomic E-state index is 0.178.